The first-order valence-electron chi connectivity index (χ1n) is 1.19. The summed E-state index contributed by atoms with van der Waals surface area (Å²) in [5.74, 6) is -0.968. The van der Waals surface area contributed by atoms with Gasteiger partial charge < -0.3 is 10.8 Å². The third kappa shape index (κ3) is 18.6. The Morgan fingerprint density at radius 1 is 1.57 bits per heavy atom. The van der Waals surface area contributed by atoms with Gasteiger partial charge in [-0.2, -0.15) is 0 Å². The molecule has 0 aliphatic heterocycles. The Bertz CT molecular complexity index is 49.0. The van der Waals surface area contributed by atoms with Crippen LogP contribution in [0.5, 0.6) is 0 Å². The van der Waals surface area contributed by atoms with Gasteiger partial charge in [-0.1, -0.05) is 0 Å². The van der Waals surface area contributed by atoms with Crippen molar-refractivity contribution in [2.75, 3.05) is 6.54 Å². The van der Waals surface area contributed by atoms with E-state index in [0.29, 0.717) is 0 Å². The van der Waals surface area contributed by atoms with Crippen LogP contribution < -0.4 is 5.73 Å². The van der Waals surface area contributed by atoms with Gasteiger partial charge in [-0.3, -0.25) is 4.79 Å². The summed E-state index contributed by atoms with van der Waals surface area (Å²) in [4.78, 5) is 9.24. The van der Waals surface area contributed by atoms with E-state index in [1.807, 2.05) is 0 Å². The SMILES string of the molecule is NCC(=O)O.[NaH].[NaH]. The molecular weight excluding hydrogens is 116 g/mol. The summed E-state index contributed by atoms with van der Waals surface area (Å²) >= 11 is 0. The van der Waals surface area contributed by atoms with E-state index >= 15 is 0 Å². The van der Waals surface area contributed by atoms with Crippen LogP contribution in [0.4, 0.5) is 0 Å². The second-order valence-electron chi connectivity index (χ2n) is 0.598. The molecule has 0 unspecified atom stereocenters. The maximum absolute atomic E-state index is 9.24. The fraction of sp³-hybridized carbons (Fsp3) is 0.500. The van der Waals surface area contributed by atoms with Gasteiger partial charge >= 0.3 is 65.1 Å². The van der Waals surface area contributed by atoms with Crippen LogP contribution in [-0.4, -0.2) is 76.7 Å². The summed E-state index contributed by atoms with van der Waals surface area (Å²) in [6.45, 7) is -0.278. The van der Waals surface area contributed by atoms with Crippen molar-refractivity contribution in [3.8, 4) is 0 Å². The van der Waals surface area contributed by atoms with Gasteiger partial charge in [0.15, 0.2) is 0 Å². The molecule has 0 aliphatic carbocycles. The molecule has 0 aromatic carbocycles. The minimum absolute atomic E-state index is 0. The third-order valence-corrected chi connectivity index (χ3v) is 0.175. The molecule has 0 saturated heterocycles. The molecule has 0 bridgehead atoms. The van der Waals surface area contributed by atoms with Gasteiger partial charge in [0, 0.05) is 0 Å². The fourth-order valence-electron chi connectivity index (χ4n) is 0. The van der Waals surface area contributed by atoms with Gasteiger partial charge in [-0.05, 0) is 0 Å². The van der Waals surface area contributed by atoms with E-state index in [0.717, 1.165) is 0 Å². The molecule has 0 spiro atoms. The topological polar surface area (TPSA) is 63.3 Å². The van der Waals surface area contributed by atoms with E-state index in [1.54, 1.807) is 0 Å². The Balaban J connectivity index is -0.0000000800. The molecule has 3 nitrogen and oxygen atoms in total. The molecule has 5 heteroatoms. The molecule has 7 heavy (non-hydrogen) atoms. The van der Waals surface area contributed by atoms with E-state index in [-0.39, 0.29) is 65.7 Å². The van der Waals surface area contributed by atoms with Crippen LogP contribution in [0.25, 0.3) is 0 Å². The van der Waals surface area contributed by atoms with Crippen molar-refractivity contribution in [2.24, 2.45) is 5.73 Å². The number of rotatable bonds is 1. The van der Waals surface area contributed by atoms with Crippen molar-refractivity contribution in [1.29, 1.82) is 0 Å². The molecule has 34 valence electrons. The number of aliphatic carboxylic acids is 1. The Hall–Kier alpha value is 1.43. The zero-order valence-electron chi connectivity index (χ0n) is 2.64. The van der Waals surface area contributed by atoms with Crippen LogP contribution in [0.1, 0.15) is 0 Å². The van der Waals surface area contributed by atoms with E-state index in [4.69, 9.17) is 5.11 Å². The first-order valence-corrected chi connectivity index (χ1v) is 1.19. The standard InChI is InChI=1S/C2H5NO2.2Na.2H/c3-1-2(4)5;;;;/h1,3H2,(H,4,5);;;;. The molecule has 0 saturated carbocycles. The molecule has 0 atom stereocenters. The van der Waals surface area contributed by atoms with E-state index < -0.39 is 5.97 Å². The van der Waals surface area contributed by atoms with Gasteiger partial charge in [0.1, 0.15) is 0 Å². The van der Waals surface area contributed by atoms with E-state index in [1.165, 1.54) is 0 Å². The number of hydrogen-bond donors (Lipinski definition) is 2. The second kappa shape index (κ2) is 10.4. The summed E-state index contributed by atoms with van der Waals surface area (Å²) in [7, 11) is 0. The Morgan fingerprint density at radius 2 is 1.71 bits per heavy atom. The second-order valence-corrected chi connectivity index (χ2v) is 0.598. The first kappa shape index (κ1) is 15.8. The third-order valence-electron chi connectivity index (χ3n) is 0.175. The first-order chi connectivity index (χ1) is 2.27. The number of carboxylic acids is 1. The predicted octanol–water partition coefficient (Wildman–Crippen LogP) is -2.27. The monoisotopic (exact) mass is 123 g/mol. The van der Waals surface area contributed by atoms with E-state index in [2.05, 4.69) is 5.73 Å². The maximum atomic E-state index is 9.24. The summed E-state index contributed by atoms with van der Waals surface area (Å²) in [6, 6.07) is 0. The van der Waals surface area contributed by atoms with Crippen LogP contribution >= 0.6 is 0 Å². The van der Waals surface area contributed by atoms with Crippen LogP contribution in [-0.2, 0) is 4.79 Å². The van der Waals surface area contributed by atoms with Crippen LogP contribution in [0.2, 0.25) is 0 Å². The molecular formula is C2H7NNa2O2. The van der Waals surface area contributed by atoms with Crippen molar-refractivity contribution in [2.45, 2.75) is 0 Å². The van der Waals surface area contributed by atoms with Gasteiger partial charge in [0.05, 0.1) is 6.54 Å². The quantitative estimate of drug-likeness (QED) is 0.386. The van der Waals surface area contributed by atoms with Gasteiger partial charge in [0.2, 0.25) is 0 Å². The van der Waals surface area contributed by atoms with Crippen molar-refractivity contribution in [3.05, 3.63) is 0 Å². The Morgan fingerprint density at radius 3 is 1.71 bits per heavy atom. The van der Waals surface area contributed by atoms with Gasteiger partial charge in [-0.15, -0.1) is 0 Å². The Labute approximate surface area is 86.2 Å². The molecule has 0 fully saturated rings. The number of hydrogen-bond acceptors (Lipinski definition) is 2. The average Bonchev–Trinajstić information content (AvgIpc) is 1.38. The fourth-order valence-corrected chi connectivity index (χ4v) is 0. The summed E-state index contributed by atoms with van der Waals surface area (Å²) < 4.78 is 0. The molecule has 0 rings (SSSR count). The molecule has 0 aromatic heterocycles. The zero-order chi connectivity index (χ0) is 4.28. The van der Waals surface area contributed by atoms with E-state index in [9.17, 15) is 4.79 Å². The van der Waals surface area contributed by atoms with Crippen LogP contribution in [0.15, 0.2) is 0 Å². The molecule has 0 aromatic rings. The number of carbonyl (C=O) groups is 1. The van der Waals surface area contributed by atoms with Crippen molar-refractivity contribution in [1.82, 2.24) is 0 Å². The van der Waals surface area contributed by atoms with Gasteiger partial charge in [-0.25, -0.2) is 0 Å². The van der Waals surface area contributed by atoms with Crippen LogP contribution in [0, 0.1) is 0 Å². The molecule has 0 radical (unpaired) electrons. The normalized spacial score (nSPS) is 5.29. The summed E-state index contributed by atoms with van der Waals surface area (Å²) in [6.07, 6.45) is 0. The van der Waals surface area contributed by atoms with Crippen molar-refractivity contribution in [3.63, 3.8) is 0 Å². The predicted molar refractivity (Wildman–Crippen MR) is 31.0 cm³/mol. The number of nitrogens with two attached hydrogens (primary N) is 1. The number of carboxylic acid groups (broad SMARTS) is 1. The summed E-state index contributed by atoms with van der Waals surface area (Å²) in [5, 5.41) is 7.60. The molecule has 3 N–H and O–H groups in total. The Kier molecular flexibility index (Phi) is 23.5. The van der Waals surface area contributed by atoms with Gasteiger partial charge in [0.25, 0.3) is 0 Å². The van der Waals surface area contributed by atoms with Crippen molar-refractivity contribution >= 4 is 65.1 Å². The minimum atomic E-state index is -0.968. The molecule has 0 aliphatic rings. The summed E-state index contributed by atoms with van der Waals surface area (Å²) in [5.41, 5.74) is 4.57. The van der Waals surface area contributed by atoms with Crippen molar-refractivity contribution < 1.29 is 9.90 Å². The molecule has 0 amide bonds. The zero-order valence-corrected chi connectivity index (χ0v) is 2.64. The molecule has 0 heterocycles. The van der Waals surface area contributed by atoms with Crippen LogP contribution in [0.3, 0.4) is 0 Å². The average molecular weight is 123 g/mol.